The summed E-state index contributed by atoms with van der Waals surface area (Å²) in [5.74, 6) is -0.775. The Labute approximate surface area is 147 Å². The molecule has 0 bridgehead atoms. The zero-order chi connectivity index (χ0) is 18.6. The van der Waals surface area contributed by atoms with Crippen molar-refractivity contribution in [2.24, 2.45) is 0 Å². The largest absolute Gasteiger partial charge is 0.467 e. The van der Waals surface area contributed by atoms with Gasteiger partial charge in [0.1, 0.15) is 17.5 Å². The van der Waals surface area contributed by atoms with E-state index in [1.807, 2.05) is 0 Å². The highest BCUT2D eigenvalue weighted by Crippen LogP contribution is 2.23. The molecule has 138 valence electrons. The molecule has 0 aromatic heterocycles. The molecule has 2 unspecified atom stereocenters. The normalized spacial score (nSPS) is 20.4. The number of ether oxygens (including phenoxy) is 2. The molecule has 1 saturated heterocycles. The molecule has 0 aliphatic carbocycles. The summed E-state index contributed by atoms with van der Waals surface area (Å²) in [6.45, 7) is 5.91. The van der Waals surface area contributed by atoms with Crippen LogP contribution in [0.15, 0.2) is 24.3 Å². The Morgan fingerprint density at radius 3 is 2.60 bits per heavy atom. The van der Waals surface area contributed by atoms with Crippen LogP contribution >= 0.6 is 0 Å². The number of hydrogen-bond acceptors (Lipinski definition) is 5. The molecular formula is C18H25FN2O4. The third kappa shape index (κ3) is 5.16. The molecule has 0 spiro atoms. The fourth-order valence-electron chi connectivity index (χ4n) is 2.76. The lowest BCUT2D eigenvalue weighted by Gasteiger charge is -2.27. The number of methoxy groups -OCH3 is 1. The minimum Gasteiger partial charge on any atom is -0.467 e. The highest BCUT2D eigenvalue weighted by molar-refractivity contribution is 5.82. The van der Waals surface area contributed by atoms with Gasteiger partial charge in [-0.1, -0.05) is 18.2 Å². The number of nitrogens with zero attached hydrogens (tertiary/aromatic N) is 1. The zero-order valence-corrected chi connectivity index (χ0v) is 15.0. The third-order valence-corrected chi connectivity index (χ3v) is 3.94. The van der Waals surface area contributed by atoms with Crippen molar-refractivity contribution in [2.45, 2.75) is 51.4 Å². The lowest BCUT2D eigenvalue weighted by atomic mass is 10.1. The Kier molecular flexibility index (Phi) is 6.00. The van der Waals surface area contributed by atoms with E-state index in [9.17, 15) is 14.0 Å². The number of halogens is 1. The van der Waals surface area contributed by atoms with Crippen molar-refractivity contribution in [1.82, 2.24) is 10.2 Å². The van der Waals surface area contributed by atoms with Crippen LogP contribution in [0.1, 0.15) is 32.8 Å². The van der Waals surface area contributed by atoms with Crippen LogP contribution in [0.2, 0.25) is 0 Å². The van der Waals surface area contributed by atoms with Gasteiger partial charge in [0, 0.05) is 24.7 Å². The minimum absolute atomic E-state index is 0.156. The van der Waals surface area contributed by atoms with Crippen molar-refractivity contribution >= 4 is 12.1 Å². The SMILES string of the molecule is COC(=O)C1CC(NCc2ccccc2F)CN1C(=O)OC(C)(C)C. The van der Waals surface area contributed by atoms with Gasteiger partial charge in [-0.3, -0.25) is 4.90 Å². The Morgan fingerprint density at radius 2 is 2.00 bits per heavy atom. The van der Waals surface area contributed by atoms with Crippen LogP contribution in [-0.2, 0) is 20.8 Å². The molecule has 6 nitrogen and oxygen atoms in total. The highest BCUT2D eigenvalue weighted by atomic mass is 19.1. The standard InChI is InChI=1S/C18H25FN2O4/c1-18(2,3)25-17(23)21-11-13(9-15(21)16(22)24-4)20-10-12-7-5-6-8-14(12)19/h5-8,13,15,20H,9-11H2,1-4H3. The molecule has 0 radical (unpaired) electrons. The molecule has 25 heavy (non-hydrogen) atoms. The molecule has 0 saturated carbocycles. The first-order chi connectivity index (χ1) is 11.7. The van der Waals surface area contributed by atoms with Crippen molar-refractivity contribution in [2.75, 3.05) is 13.7 Å². The minimum atomic E-state index is -0.710. The van der Waals surface area contributed by atoms with Gasteiger partial charge in [0.15, 0.2) is 0 Å². The molecule has 1 amide bonds. The molecule has 1 aliphatic heterocycles. The van der Waals surface area contributed by atoms with Crippen LogP contribution in [0.25, 0.3) is 0 Å². The van der Waals surface area contributed by atoms with Crippen LogP contribution in [0.5, 0.6) is 0 Å². The first kappa shape index (κ1) is 19.2. The van der Waals surface area contributed by atoms with E-state index >= 15 is 0 Å². The number of rotatable bonds is 4. The van der Waals surface area contributed by atoms with Gasteiger partial charge in [-0.2, -0.15) is 0 Å². The van der Waals surface area contributed by atoms with E-state index < -0.39 is 23.7 Å². The molecule has 1 aliphatic rings. The molecule has 1 heterocycles. The highest BCUT2D eigenvalue weighted by Gasteiger charge is 2.42. The number of likely N-dealkylation sites (tertiary alicyclic amines) is 1. The molecule has 1 aromatic rings. The van der Waals surface area contributed by atoms with E-state index in [1.165, 1.54) is 18.1 Å². The van der Waals surface area contributed by atoms with Crippen molar-refractivity contribution in [3.8, 4) is 0 Å². The average molecular weight is 352 g/mol. The van der Waals surface area contributed by atoms with E-state index in [0.29, 0.717) is 25.1 Å². The first-order valence-corrected chi connectivity index (χ1v) is 8.25. The maximum absolute atomic E-state index is 13.7. The van der Waals surface area contributed by atoms with Gasteiger partial charge in [-0.25, -0.2) is 14.0 Å². The molecular weight excluding hydrogens is 327 g/mol. The fraction of sp³-hybridized carbons (Fsp3) is 0.556. The number of amides is 1. The third-order valence-electron chi connectivity index (χ3n) is 3.94. The van der Waals surface area contributed by atoms with Gasteiger partial charge in [0.25, 0.3) is 0 Å². The van der Waals surface area contributed by atoms with Gasteiger partial charge in [0.2, 0.25) is 0 Å². The fourth-order valence-corrected chi connectivity index (χ4v) is 2.76. The van der Waals surface area contributed by atoms with Gasteiger partial charge >= 0.3 is 12.1 Å². The maximum Gasteiger partial charge on any atom is 0.411 e. The van der Waals surface area contributed by atoms with E-state index in [-0.39, 0.29) is 11.9 Å². The van der Waals surface area contributed by atoms with E-state index in [0.717, 1.165) is 0 Å². The van der Waals surface area contributed by atoms with E-state index in [1.54, 1.807) is 39.0 Å². The summed E-state index contributed by atoms with van der Waals surface area (Å²) in [6.07, 6.45) is -0.168. The molecule has 1 aromatic carbocycles. The molecule has 1 fully saturated rings. The summed E-state index contributed by atoms with van der Waals surface area (Å²) in [4.78, 5) is 25.8. The molecule has 2 rings (SSSR count). The van der Waals surface area contributed by atoms with E-state index in [2.05, 4.69) is 5.32 Å². The Morgan fingerprint density at radius 1 is 1.32 bits per heavy atom. The zero-order valence-electron chi connectivity index (χ0n) is 15.0. The van der Waals surface area contributed by atoms with Crippen LogP contribution in [0.3, 0.4) is 0 Å². The predicted molar refractivity (Wildman–Crippen MR) is 90.4 cm³/mol. The Hall–Kier alpha value is -2.15. The summed E-state index contributed by atoms with van der Waals surface area (Å²) in [5, 5.41) is 3.20. The summed E-state index contributed by atoms with van der Waals surface area (Å²) < 4.78 is 23.9. The van der Waals surface area contributed by atoms with Crippen LogP contribution in [0, 0.1) is 5.82 Å². The van der Waals surface area contributed by atoms with Crippen molar-refractivity contribution in [3.05, 3.63) is 35.6 Å². The average Bonchev–Trinajstić information content (AvgIpc) is 2.96. The Bertz CT molecular complexity index is 630. The second-order valence-corrected chi connectivity index (χ2v) is 7.08. The van der Waals surface area contributed by atoms with Crippen molar-refractivity contribution in [1.29, 1.82) is 0 Å². The molecule has 7 heteroatoms. The van der Waals surface area contributed by atoms with E-state index in [4.69, 9.17) is 9.47 Å². The van der Waals surface area contributed by atoms with Crippen LogP contribution < -0.4 is 5.32 Å². The van der Waals surface area contributed by atoms with Crippen LogP contribution in [-0.4, -0.2) is 48.3 Å². The quantitative estimate of drug-likeness (QED) is 0.843. The first-order valence-electron chi connectivity index (χ1n) is 8.25. The second-order valence-electron chi connectivity index (χ2n) is 7.08. The monoisotopic (exact) mass is 352 g/mol. The van der Waals surface area contributed by atoms with Gasteiger partial charge < -0.3 is 14.8 Å². The maximum atomic E-state index is 13.7. The van der Waals surface area contributed by atoms with Crippen molar-refractivity contribution in [3.63, 3.8) is 0 Å². The lowest BCUT2D eigenvalue weighted by molar-refractivity contribution is -0.145. The number of carbonyl (C=O) groups is 2. The van der Waals surface area contributed by atoms with Gasteiger partial charge in [-0.05, 0) is 33.3 Å². The summed E-state index contributed by atoms with van der Waals surface area (Å²) in [6, 6.07) is 5.62. The smallest absolute Gasteiger partial charge is 0.411 e. The predicted octanol–water partition coefficient (Wildman–Crippen LogP) is 2.47. The molecule has 1 N–H and O–H groups in total. The number of nitrogens with one attached hydrogen (secondary N) is 1. The summed E-state index contributed by atoms with van der Waals surface area (Å²) in [5.41, 5.74) is -0.121. The topological polar surface area (TPSA) is 67.9 Å². The molecule has 2 atom stereocenters. The van der Waals surface area contributed by atoms with Gasteiger partial charge in [0.05, 0.1) is 7.11 Å². The van der Waals surface area contributed by atoms with Crippen LogP contribution in [0.4, 0.5) is 9.18 Å². The van der Waals surface area contributed by atoms with Gasteiger partial charge in [-0.15, -0.1) is 0 Å². The second kappa shape index (κ2) is 7.82. The number of benzene rings is 1. The number of esters is 1. The summed E-state index contributed by atoms with van der Waals surface area (Å²) >= 11 is 0. The number of carbonyl (C=O) groups excluding carboxylic acids is 2. The lowest BCUT2D eigenvalue weighted by Crippen LogP contribution is -2.44. The summed E-state index contributed by atoms with van der Waals surface area (Å²) in [7, 11) is 1.29. The number of hydrogen-bond donors (Lipinski definition) is 1. The Balaban J connectivity index is 2.03. The van der Waals surface area contributed by atoms with Crippen molar-refractivity contribution < 1.29 is 23.5 Å².